The largest absolute Gasteiger partial charge is 0.341 e. The van der Waals surface area contributed by atoms with Gasteiger partial charge in [0.25, 0.3) is 10.1 Å². The SMILES string of the molecule is CCCCCCCCCCCCCC/C=C/C(=O)N(C)CCS(=O)(=O)O. The number of likely N-dealkylation sites (N-methyl/N-ethyl adjacent to an activating group) is 1. The van der Waals surface area contributed by atoms with Crippen molar-refractivity contribution in [1.29, 1.82) is 0 Å². The van der Waals surface area contributed by atoms with Gasteiger partial charge in [0.05, 0.1) is 5.75 Å². The number of carbonyl (C=O) groups is 1. The molecule has 0 saturated heterocycles. The molecule has 0 bridgehead atoms. The van der Waals surface area contributed by atoms with Crippen LogP contribution in [-0.4, -0.2) is 43.1 Å². The zero-order chi connectivity index (χ0) is 19.7. The van der Waals surface area contributed by atoms with Gasteiger partial charge in [-0.25, -0.2) is 0 Å². The molecule has 0 fully saturated rings. The molecule has 0 rings (SSSR count). The number of carbonyl (C=O) groups excluding carboxylic acids is 1. The van der Waals surface area contributed by atoms with E-state index in [0.29, 0.717) is 0 Å². The molecule has 1 N–H and O–H groups in total. The van der Waals surface area contributed by atoms with Crippen molar-refractivity contribution in [1.82, 2.24) is 4.90 Å². The van der Waals surface area contributed by atoms with Crippen LogP contribution in [0.1, 0.15) is 90.4 Å². The smallest absolute Gasteiger partial charge is 0.266 e. The lowest BCUT2D eigenvalue weighted by atomic mass is 10.0. The molecule has 0 aliphatic heterocycles. The number of hydrogen-bond acceptors (Lipinski definition) is 3. The number of hydrogen-bond donors (Lipinski definition) is 1. The Balaban J connectivity index is 3.46. The zero-order valence-electron chi connectivity index (χ0n) is 16.8. The van der Waals surface area contributed by atoms with Crippen molar-refractivity contribution in [3.63, 3.8) is 0 Å². The highest BCUT2D eigenvalue weighted by Gasteiger charge is 2.10. The van der Waals surface area contributed by atoms with Crippen LogP contribution in [0, 0.1) is 0 Å². The molecule has 0 saturated carbocycles. The summed E-state index contributed by atoms with van der Waals surface area (Å²) in [5.74, 6) is -0.658. The summed E-state index contributed by atoms with van der Waals surface area (Å²) in [5, 5.41) is 0. The Bertz CT molecular complexity index is 474. The molecule has 0 aromatic rings. The summed E-state index contributed by atoms with van der Waals surface area (Å²) in [7, 11) is -2.49. The molecule has 0 spiro atoms. The van der Waals surface area contributed by atoms with Gasteiger partial charge in [-0.15, -0.1) is 0 Å². The Morgan fingerprint density at radius 2 is 1.35 bits per heavy atom. The Hall–Kier alpha value is -0.880. The monoisotopic (exact) mass is 389 g/mol. The highest BCUT2D eigenvalue weighted by molar-refractivity contribution is 7.85. The maximum atomic E-state index is 11.7. The zero-order valence-corrected chi connectivity index (χ0v) is 17.6. The summed E-state index contributed by atoms with van der Waals surface area (Å²) in [4.78, 5) is 13.0. The molecule has 1 amide bonds. The summed E-state index contributed by atoms with van der Waals surface area (Å²) < 4.78 is 30.0. The molecule has 0 aromatic carbocycles. The first-order valence-corrected chi connectivity index (χ1v) is 11.8. The van der Waals surface area contributed by atoms with Gasteiger partial charge >= 0.3 is 0 Å². The lowest BCUT2D eigenvalue weighted by molar-refractivity contribution is -0.124. The third-order valence-corrected chi connectivity index (χ3v) is 5.24. The van der Waals surface area contributed by atoms with E-state index < -0.39 is 15.9 Å². The maximum absolute atomic E-state index is 11.7. The third kappa shape index (κ3) is 17.9. The van der Waals surface area contributed by atoms with E-state index in [2.05, 4.69) is 6.92 Å². The van der Waals surface area contributed by atoms with E-state index in [0.717, 1.165) is 12.8 Å². The second-order valence-electron chi connectivity index (χ2n) is 7.13. The second kappa shape index (κ2) is 16.3. The molecule has 0 aromatic heterocycles. The van der Waals surface area contributed by atoms with Gasteiger partial charge in [0.1, 0.15) is 0 Å². The van der Waals surface area contributed by atoms with Crippen molar-refractivity contribution in [2.45, 2.75) is 90.4 Å². The number of amides is 1. The predicted molar refractivity (Wildman–Crippen MR) is 109 cm³/mol. The van der Waals surface area contributed by atoms with Gasteiger partial charge in [-0.3, -0.25) is 9.35 Å². The van der Waals surface area contributed by atoms with E-state index in [1.165, 1.54) is 88.7 Å². The highest BCUT2D eigenvalue weighted by atomic mass is 32.2. The molecule has 0 unspecified atom stereocenters. The number of nitrogens with zero attached hydrogens (tertiary/aromatic N) is 1. The predicted octanol–water partition coefficient (Wildman–Crippen LogP) is 4.98. The molecular formula is C20H39NO4S. The van der Waals surface area contributed by atoms with Crippen LogP contribution < -0.4 is 0 Å². The molecule has 0 heterocycles. The molecule has 26 heavy (non-hydrogen) atoms. The topological polar surface area (TPSA) is 74.7 Å². The summed E-state index contributed by atoms with van der Waals surface area (Å²) in [6.07, 6.45) is 20.0. The molecular weight excluding hydrogens is 350 g/mol. The van der Waals surface area contributed by atoms with Gasteiger partial charge in [0.2, 0.25) is 5.91 Å². The number of unbranched alkanes of at least 4 members (excludes halogenated alkanes) is 12. The van der Waals surface area contributed by atoms with E-state index in [4.69, 9.17) is 4.55 Å². The van der Waals surface area contributed by atoms with Gasteiger partial charge in [-0.2, -0.15) is 8.42 Å². The van der Waals surface area contributed by atoms with Crippen molar-refractivity contribution >= 4 is 16.0 Å². The van der Waals surface area contributed by atoms with Crippen LogP contribution in [-0.2, 0) is 14.9 Å². The normalized spacial score (nSPS) is 12.0. The minimum atomic E-state index is -4.02. The average Bonchev–Trinajstić information content (AvgIpc) is 2.59. The van der Waals surface area contributed by atoms with Gasteiger partial charge in [-0.1, -0.05) is 83.6 Å². The lowest BCUT2D eigenvalue weighted by Gasteiger charge is -2.13. The minimum absolute atomic E-state index is 0.000606. The van der Waals surface area contributed by atoms with Crippen molar-refractivity contribution < 1.29 is 17.8 Å². The Morgan fingerprint density at radius 3 is 1.81 bits per heavy atom. The van der Waals surface area contributed by atoms with Crippen molar-refractivity contribution in [3.8, 4) is 0 Å². The van der Waals surface area contributed by atoms with Gasteiger partial charge < -0.3 is 4.90 Å². The van der Waals surface area contributed by atoms with Crippen LogP contribution in [0.3, 0.4) is 0 Å². The molecule has 6 heteroatoms. The molecule has 5 nitrogen and oxygen atoms in total. The fourth-order valence-electron chi connectivity index (χ4n) is 2.78. The second-order valence-corrected chi connectivity index (χ2v) is 8.70. The Morgan fingerprint density at radius 1 is 0.885 bits per heavy atom. The first kappa shape index (κ1) is 25.1. The first-order valence-electron chi connectivity index (χ1n) is 10.2. The Labute approximate surface area is 161 Å². The minimum Gasteiger partial charge on any atom is -0.341 e. The summed E-state index contributed by atoms with van der Waals surface area (Å²) in [6, 6.07) is 0. The molecule has 0 atom stereocenters. The van der Waals surface area contributed by atoms with Crippen molar-refractivity contribution in [3.05, 3.63) is 12.2 Å². The highest BCUT2D eigenvalue weighted by Crippen LogP contribution is 2.12. The molecule has 0 aliphatic rings. The number of rotatable bonds is 17. The van der Waals surface area contributed by atoms with Crippen molar-refractivity contribution in [2.24, 2.45) is 0 Å². The van der Waals surface area contributed by atoms with Crippen LogP contribution in [0.15, 0.2) is 12.2 Å². The van der Waals surface area contributed by atoms with Crippen molar-refractivity contribution in [2.75, 3.05) is 19.3 Å². The van der Waals surface area contributed by atoms with Crippen LogP contribution in [0.5, 0.6) is 0 Å². The van der Waals surface area contributed by atoms with Gasteiger partial charge in [0.15, 0.2) is 0 Å². The fraction of sp³-hybridized carbons (Fsp3) is 0.850. The number of allylic oxidation sites excluding steroid dienone is 1. The maximum Gasteiger partial charge on any atom is 0.266 e. The van der Waals surface area contributed by atoms with E-state index in [1.807, 2.05) is 6.08 Å². The quantitative estimate of drug-likeness (QED) is 0.216. The van der Waals surface area contributed by atoms with Crippen LogP contribution in [0.4, 0.5) is 0 Å². The van der Waals surface area contributed by atoms with Crippen LogP contribution in [0.25, 0.3) is 0 Å². The van der Waals surface area contributed by atoms with Gasteiger partial charge in [-0.05, 0) is 18.9 Å². The van der Waals surface area contributed by atoms with E-state index >= 15 is 0 Å². The molecule has 154 valence electrons. The Kier molecular flexibility index (Phi) is 15.8. The summed E-state index contributed by atoms with van der Waals surface area (Å²) in [6.45, 7) is 2.25. The third-order valence-electron chi connectivity index (χ3n) is 4.55. The summed E-state index contributed by atoms with van der Waals surface area (Å²) >= 11 is 0. The van der Waals surface area contributed by atoms with E-state index in [1.54, 1.807) is 0 Å². The van der Waals surface area contributed by atoms with Crippen LogP contribution >= 0.6 is 0 Å². The lowest BCUT2D eigenvalue weighted by Crippen LogP contribution is -2.30. The standard InChI is InChI=1S/C20H39NO4S/c1-3-4-5-6-7-8-9-10-11-12-13-14-15-16-17-20(22)21(2)18-19-26(23,24)25/h16-17H,3-15,18-19H2,1-2H3,(H,23,24,25)/b17-16+. The molecule has 0 aliphatic carbocycles. The average molecular weight is 390 g/mol. The summed E-state index contributed by atoms with van der Waals surface area (Å²) in [5.41, 5.74) is 0. The van der Waals surface area contributed by atoms with Gasteiger partial charge in [0, 0.05) is 13.6 Å². The van der Waals surface area contributed by atoms with E-state index in [9.17, 15) is 13.2 Å². The molecule has 0 radical (unpaired) electrons. The van der Waals surface area contributed by atoms with E-state index in [-0.39, 0.29) is 12.5 Å². The first-order chi connectivity index (χ1) is 12.4. The van der Waals surface area contributed by atoms with Crippen LogP contribution in [0.2, 0.25) is 0 Å². The fourth-order valence-corrected chi connectivity index (χ4v) is 3.28.